The molecule has 2 aliphatic heterocycles. The molecule has 0 bridgehead atoms. The summed E-state index contributed by atoms with van der Waals surface area (Å²) < 4.78 is 0. The highest BCUT2D eigenvalue weighted by atomic mass is 16.4. The molecule has 7 heteroatoms. The van der Waals surface area contributed by atoms with Gasteiger partial charge in [-0.25, -0.2) is 4.79 Å². The average Bonchev–Trinajstić information content (AvgIpc) is 2.88. The van der Waals surface area contributed by atoms with Crippen molar-refractivity contribution >= 4 is 17.8 Å². The van der Waals surface area contributed by atoms with Crippen molar-refractivity contribution in [1.82, 2.24) is 15.2 Å². The van der Waals surface area contributed by atoms with Gasteiger partial charge in [0.1, 0.15) is 5.69 Å². The second-order valence-corrected chi connectivity index (χ2v) is 5.26. The maximum Gasteiger partial charge on any atom is 0.338 e. The summed E-state index contributed by atoms with van der Waals surface area (Å²) in [5, 5.41) is 11.9. The molecule has 2 atom stereocenters. The van der Waals surface area contributed by atoms with Crippen LogP contribution in [-0.2, 0) is 4.79 Å². The number of fused-ring (bicyclic) bond motifs is 1. The van der Waals surface area contributed by atoms with Gasteiger partial charge in [-0.05, 0) is 25.0 Å². The first-order chi connectivity index (χ1) is 10.1. The van der Waals surface area contributed by atoms with Crippen molar-refractivity contribution in [3.05, 3.63) is 29.6 Å². The third kappa shape index (κ3) is 2.24. The van der Waals surface area contributed by atoms with Crippen molar-refractivity contribution in [2.24, 2.45) is 5.92 Å². The number of hydrogen-bond acceptors (Lipinski definition) is 4. The van der Waals surface area contributed by atoms with Crippen LogP contribution in [0.15, 0.2) is 18.3 Å². The molecule has 3 rings (SSSR count). The van der Waals surface area contributed by atoms with Gasteiger partial charge in [0.25, 0.3) is 5.91 Å². The summed E-state index contributed by atoms with van der Waals surface area (Å²) in [5.41, 5.74) is -0.174. The van der Waals surface area contributed by atoms with Crippen molar-refractivity contribution in [3.8, 4) is 0 Å². The Morgan fingerprint density at radius 2 is 2.24 bits per heavy atom. The van der Waals surface area contributed by atoms with E-state index >= 15 is 0 Å². The van der Waals surface area contributed by atoms with E-state index in [0.717, 1.165) is 12.8 Å². The molecule has 7 nitrogen and oxygen atoms in total. The molecule has 1 aromatic heterocycles. The molecule has 110 valence electrons. The minimum atomic E-state index is -1.18. The number of rotatable bonds is 2. The lowest BCUT2D eigenvalue weighted by Gasteiger charge is -2.35. The van der Waals surface area contributed by atoms with Crippen LogP contribution in [0.1, 0.15) is 33.7 Å². The second-order valence-electron chi connectivity index (χ2n) is 5.26. The molecule has 0 saturated carbocycles. The SMILES string of the molecule is O=C(O)c1cccnc1C(=O)N1CCCC2C(=O)NCC21. The minimum Gasteiger partial charge on any atom is -0.478 e. The third-order valence-corrected chi connectivity index (χ3v) is 4.10. The zero-order chi connectivity index (χ0) is 15.0. The van der Waals surface area contributed by atoms with E-state index in [1.807, 2.05) is 0 Å². The lowest BCUT2D eigenvalue weighted by Crippen LogP contribution is -2.49. The van der Waals surface area contributed by atoms with Gasteiger partial charge < -0.3 is 15.3 Å². The van der Waals surface area contributed by atoms with Crippen molar-refractivity contribution in [3.63, 3.8) is 0 Å². The minimum absolute atomic E-state index is 0.0306. The molecule has 0 aliphatic carbocycles. The molecule has 1 aromatic rings. The van der Waals surface area contributed by atoms with Crippen LogP contribution >= 0.6 is 0 Å². The Morgan fingerprint density at radius 1 is 1.43 bits per heavy atom. The molecule has 2 aliphatic rings. The zero-order valence-corrected chi connectivity index (χ0v) is 11.3. The number of likely N-dealkylation sites (tertiary alicyclic amines) is 1. The quantitative estimate of drug-likeness (QED) is 0.806. The van der Waals surface area contributed by atoms with Gasteiger partial charge in [0, 0.05) is 19.3 Å². The van der Waals surface area contributed by atoms with E-state index in [9.17, 15) is 14.4 Å². The molecule has 0 radical (unpaired) electrons. The zero-order valence-electron chi connectivity index (χ0n) is 11.3. The fourth-order valence-corrected chi connectivity index (χ4v) is 3.09. The summed E-state index contributed by atoms with van der Waals surface area (Å²) in [7, 11) is 0. The molecular formula is C14H15N3O4. The largest absolute Gasteiger partial charge is 0.478 e. The summed E-state index contributed by atoms with van der Waals surface area (Å²) in [6, 6.07) is 2.64. The lowest BCUT2D eigenvalue weighted by atomic mass is 9.91. The number of aromatic carboxylic acids is 1. The molecule has 0 aromatic carbocycles. The number of piperidine rings is 1. The Kier molecular flexibility index (Phi) is 3.32. The average molecular weight is 289 g/mol. The Balaban J connectivity index is 1.92. The summed E-state index contributed by atoms with van der Waals surface area (Å²) in [6.45, 7) is 0.940. The topological polar surface area (TPSA) is 99.6 Å². The standard InChI is InChI=1S/C14H15N3O4/c18-12-8-4-2-6-17(10(8)7-16-12)13(19)11-9(14(20)21)3-1-5-15-11/h1,3,5,8,10H,2,4,6-7H2,(H,16,18)(H,20,21). The van der Waals surface area contributed by atoms with Gasteiger partial charge in [-0.1, -0.05) is 0 Å². The number of carboxylic acids is 1. The second kappa shape index (κ2) is 5.16. The van der Waals surface area contributed by atoms with Gasteiger partial charge in [-0.3, -0.25) is 14.6 Å². The summed E-state index contributed by atoms with van der Waals surface area (Å²) >= 11 is 0. The van der Waals surface area contributed by atoms with E-state index in [0.29, 0.717) is 13.1 Å². The summed E-state index contributed by atoms with van der Waals surface area (Å²) in [5.74, 6) is -1.82. The van der Waals surface area contributed by atoms with Crippen LogP contribution in [0.5, 0.6) is 0 Å². The number of amides is 2. The van der Waals surface area contributed by atoms with E-state index in [2.05, 4.69) is 10.3 Å². The number of nitrogens with zero attached hydrogens (tertiary/aromatic N) is 2. The Labute approximate surface area is 121 Å². The molecule has 2 fully saturated rings. The highest BCUT2D eigenvalue weighted by molar-refractivity contribution is 6.03. The van der Waals surface area contributed by atoms with Crippen molar-refractivity contribution < 1.29 is 19.5 Å². The van der Waals surface area contributed by atoms with E-state index in [1.165, 1.54) is 18.3 Å². The van der Waals surface area contributed by atoms with Gasteiger partial charge in [0.05, 0.1) is 17.5 Å². The van der Waals surface area contributed by atoms with E-state index in [-0.39, 0.29) is 29.1 Å². The Hall–Kier alpha value is -2.44. The van der Waals surface area contributed by atoms with E-state index in [4.69, 9.17) is 5.11 Å². The predicted octanol–water partition coefficient (Wildman–Crippen LogP) is 0.130. The maximum atomic E-state index is 12.6. The summed E-state index contributed by atoms with van der Waals surface area (Å²) in [4.78, 5) is 41.1. The number of hydrogen-bond donors (Lipinski definition) is 2. The van der Waals surface area contributed by atoms with Crippen LogP contribution in [0.25, 0.3) is 0 Å². The van der Waals surface area contributed by atoms with Gasteiger partial charge in [-0.15, -0.1) is 0 Å². The monoisotopic (exact) mass is 289 g/mol. The molecular weight excluding hydrogens is 274 g/mol. The molecule has 2 unspecified atom stereocenters. The maximum absolute atomic E-state index is 12.6. The fourth-order valence-electron chi connectivity index (χ4n) is 3.09. The first-order valence-electron chi connectivity index (χ1n) is 6.86. The molecule has 0 spiro atoms. The van der Waals surface area contributed by atoms with Crippen LogP contribution in [-0.4, -0.2) is 51.9 Å². The van der Waals surface area contributed by atoms with E-state index < -0.39 is 11.9 Å². The molecule has 2 saturated heterocycles. The molecule has 2 amide bonds. The smallest absolute Gasteiger partial charge is 0.338 e. The normalized spacial score (nSPS) is 24.4. The van der Waals surface area contributed by atoms with Crippen molar-refractivity contribution in [1.29, 1.82) is 0 Å². The van der Waals surface area contributed by atoms with Crippen LogP contribution in [0, 0.1) is 5.92 Å². The lowest BCUT2D eigenvalue weighted by molar-refractivity contribution is -0.123. The van der Waals surface area contributed by atoms with Gasteiger partial charge in [0.2, 0.25) is 5.91 Å². The van der Waals surface area contributed by atoms with Crippen LogP contribution in [0.3, 0.4) is 0 Å². The highest BCUT2D eigenvalue weighted by Crippen LogP contribution is 2.28. The first kappa shape index (κ1) is 13.5. The first-order valence-corrected chi connectivity index (χ1v) is 6.86. The van der Waals surface area contributed by atoms with Crippen LogP contribution in [0.4, 0.5) is 0 Å². The number of carboxylic acid groups (broad SMARTS) is 1. The number of aromatic nitrogens is 1. The van der Waals surface area contributed by atoms with Crippen LogP contribution < -0.4 is 5.32 Å². The Bertz CT molecular complexity index is 616. The van der Waals surface area contributed by atoms with Gasteiger partial charge in [-0.2, -0.15) is 0 Å². The molecule has 21 heavy (non-hydrogen) atoms. The number of pyridine rings is 1. The Morgan fingerprint density at radius 3 is 3.00 bits per heavy atom. The van der Waals surface area contributed by atoms with Gasteiger partial charge >= 0.3 is 5.97 Å². The number of carbonyl (C=O) groups is 3. The molecule has 3 heterocycles. The number of carbonyl (C=O) groups excluding carboxylic acids is 2. The summed E-state index contributed by atoms with van der Waals surface area (Å²) in [6.07, 6.45) is 2.89. The highest BCUT2D eigenvalue weighted by Gasteiger charge is 2.43. The predicted molar refractivity (Wildman–Crippen MR) is 71.8 cm³/mol. The van der Waals surface area contributed by atoms with E-state index in [1.54, 1.807) is 4.90 Å². The van der Waals surface area contributed by atoms with Crippen LogP contribution in [0.2, 0.25) is 0 Å². The fraction of sp³-hybridized carbons (Fsp3) is 0.429. The van der Waals surface area contributed by atoms with Crippen molar-refractivity contribution in [2.75, 3.05) is 13.1 Å². The molecule has 2 N–H and O–H groups in total. The van der Waals surface area contributed by atoms with Gasteiger partial charge in [0.15, 0.2) is 0 Å². The number of nitrogens with one attached hydrogen (secondary N) is 1. The third-order valence-electron chi connectivity index (χ3n) is 4.10. The van der Waals surface area contributed by atoms with Crippen molar-refractivity contribution in [2.45, 2.75) is 18.9 Å².